The second-order valence-corrected chi connectivity index (χ2v) is 5.53. The van der Waals surface area contributed by atoms with Crippen molar-refractivity contribution in [1.29, 1.82) is 0 Å². The van der Waals surface area contributed by atoms with Crippen molar-refractivity contribution in [3.05, 3.63) is 23.8 Å². The summed E-state index contributed by atoms with van der Waals surface area (Å²) in [5, 5.41) is 9.65. The topological polar surface area (TPSA) is 58.7 Å². The Morgan fingerprint density at radius 3 is 2.84 bits per heavy atom. The molecule has 1 heterocycles. The van der Waals surface area contributed by atoms with E-state index in [9.17, 15) is 5.11 Å². The van der Waals surface area contributed by atoms with E-state index in [0.717, 1.165) is 25.1 Å². The van der Waals surface area contributed by atoms with E-state index in [1.165, 1.54) is 0 Å². The van der Waals surface area contributed by atoms with Crippen LogP contribution in [0.5, 0.6) is 11.5 Å². The molecule has 3 N–H and O–H groups in total. The van der Waals surface area contributed by atoms with Crippen molar-refractivity contribution in [2.45, 2.75) is 32.4 Å². The fourth-order valence-electron chi connectivity index (χ4n) is 2.64. The number of ether oxygens (including phenoxy) is 1. The van der Waals surface area contributed by atoms with Crippen LogP contribution in [0, 0.1) is 5.92 Å². The van der Waals surface area contributed by atoms with Crippen LogP contribution in [0.4, 0.5) is 0 Å². The minimum atomic E-state index is 0.183. The van der Waals surface area contributed by atoms with Crippen molar-refractivity contribution in [2.24, 2.45) is 11.7 Å². The number of likely N-dealkylation sites (tertiary alicyclic amines) is 1. The summed E-state index contributed by atoms with van der Waals surface area (Å²) in [6, 6.07) is 6.08. The lowest BCUT2D eigenvalue weighted by Gasteiger charge is -2.38. The highest BCUT2D eigenvalue weighted by atomic mass is 16.5. The van der Waals surface area contributed by atoms with Gasteiger partial charge in [-0.05, 0) is 43.5 Å². The molecule has 4 nitrogen and oxygen atoms in total. The fraction of sp³-hybridized carbons (Fsp3) is 0.600. The van der Waals surface area contributed by atoms with Crippen molar-refractivity contribution in [3.63, 3.8) is 0 Å². The van der Waals surface area contributed by atoms with Crippen LogP contribution >= 0.6 is 0 Å². The number of hydrogen-bond donors (Lipinski definition) is 2. The first-order valence-corrected chi connectivity index (χ1v) is 6.89. The minimum absolute atomic E-state index is 0.183. The molecule has 0 amide bonds. The molecule has 1 aliphatic rings. The first-order valence-electron chi connectivity index (χ1n) is 6.89. The Kier molecular flexibility index (Phi) is 4.32. The van der Waals surface area contributed by atoms with Crippen LogP contribution in [0.25, 0.3) is 0 Å². The predicted octanol–water partition coefficient (Wildman–Crippen LogP) is 2.13. The van der Waals surface area contributed by atoms with E-state index in [4.69, 9.17) is 10.5 Å². The number of phenols is 1. The summed E-state index contributed by atoms with van der Waals surface area (Å²) in [7, 11) is 1.57. The molecule has 3 unspecified atom stereocenters. The molecule has 1 aromatic rings. The number of benzene rings is 1. The quantitative estimate of drug-likeness (QED) is 0.878. The number of methoxy groups -OCH3 is 1. The number of nitrogens with two attached hydrogens (primary N) is 1. The van der Waals surface area contributed by atoms with Crippen molar-refractivity contribution in [3.8, 4) is 11.5 Å². The van der Waals surface area contributed by atoms with Crippen LogP contribution in [0.15, 0.2) is 18.2 Å². The number of aromatic hydroxyl groups is 1. The minimum Gasteiger partial charge on any atom is -0.504 e. The third kappa shape index (κ3) is 3.01. The van der Waals surface area contributed by atoms with Gasteiger partial charge in [0.2, 0.25) is 0 Å². The van der Waals surface area contributed by atoms with Crippen LogP contribution in [-0.2, 0) is 0 Å². The van der Waals surface area contributed by atoms with Gasteiger partial charge in [0.1, 0.15) is 0 Å². The average molecular weight is 264 g/mol. The molecular formula is C15H24N2O2. The number of nitrogens with zero attached hydrogens (tertiary/aromatic N) is 1. The number of hydrogen-bond acceptors (Lipinski definition) is 4. The summed E-state index contributed by atoms with van der Waals surface area (Å²) in [5.74, 6) is 1.30. The monoisotopic (exact) mass is 264 g/mol. The van der Waals surface area contributed by atoms with Crippen molar-refractivity contribution < 1.29 is 9.84 Å². The van der Waals surface area contributed by atoms with Crippen molar-refractivity contribution in [2.75, 3.05) is 20.2 Å². The molecule has 2 rings (SSSR count). The molecule has 19 heavy (non-hydrogen) atoms. The maximum Gasteiger partial charge on any atom is 0.160 e. The number of phenolic OH excluding ortho intramolecular Hbond substituents is 1. The van der Waals surface area contributed by atoms with Gasteiger partial charge in [-0.1, -0.05) is 13.0 Å². The second kappa shape index (κ2) is 5.80. The Balaban J connectivity index is 2.13. The molecule has 0 aliphatic carbocycles. The van der Waals surface area contributed by atoms with E-state index < -0.39 is 0 Å². The fourth-order valence-corrected chi connectivity index (χ4v) is 2.64. The molecule has 0 aromatic heterocycles. The van der Waals surface area contributed by atoms with E-state index in [2.05, 4.69) is 18.7 Å². The standard InChI is InChI=1S/C15H24N2O2/c1-10-6-7-17(9-13(10)16)11(2)12-4-5-14(18)15(8-12)19-3/h4-5,8,10-11,13,18H,6-7,9,16H2,1-3H3. The molecule has 1 fully saturated rings. The zero-order chi connectivity index (χ0) is 14.0. The van der Waals surface area contributed by atoms with Crippen LogP contribution in [0.3, 0.4) is 0 Å². The lowest BCUT2D eigenvalue weighted by molar-refractivity contribution is 0.128. The Labute approximate surface area is 115 Å². The van der Waals surface area contributed by atoms with Gasteiger partial charge in [0, 0.05) is 18.6 Å². The van der Waals surface area contributed by atoms with Crippen LogP contribution in [-0.4, -0.2) is 36.2 Å². The summed E-state index contributed by atoms with van der Waals surface area (Å²) in [6.07, 6.45) is 1.14. The molecule has 3 atom stereocenters. The zero-order valence-corrected chi connectivity index (χ0v) is 12.0. The summed E-state index contributed by atoms with van der Waals surface area (Å²) in [6.45, 7) is 6.38. The molecule has 1 aliphatic heterocycles. The third-order valence-electron chi connectivity index (χ3n) is 4.28. The van der Waals surface area contributed by atoms with Crippen LogP contribution in [0.2, 0.25) is 0 Å². The largest absolute Gasteiger partial charge is 0.504 e. The lowest BCUT2D eigenvalue weighted by Crippen LogP contribution is -2.48. The zero-order valence-electron chi connectivity index (χ0n) is 12.0. The second-order valence-electron chi connectivity index (χ2n) is 5.53. The number of rotatable bonds is 3. The van der Waals surface area contributed by atoms with Gasteiger partial charge < -0.3 is 15.6 Å². The maximum absolute atomic E-state index is 9.65. The first kappa shape index (κ1) is 14.2. The van der Waals surface area contributed by atoms with E-state index in [1.807, 2.05) is 12.1 Å². The molecule has 0 saturated carbocycles. The summed E-state index contributed by atoms with van der Waals surface area (Å²) in [5.41, 5.74) is 7.31. The highest BCUT2D eigenvalue weighted by Crippen LogP contribution is 2.32. The molecule has 106 valence electrons. The molecule has 0 radical (unpaired) electrons. The van der Waals surface area contributed by atoms with Crippen LogP contribution in [0.1, 0.15) is 31.9 Å². The maximum atomic E-state index is 9.65. The Bertz CT molecular complexity index is 436. The van der Waals surface area contributed by atoms with Gasteiger partial charge in [0.25, 0.3) is 0 Å². The number of piperidine rings is 1. The smallest absolute Gasteiger partial charge is 0.160 e. The van der Waals surface area contributed by atoms with Gasteiger partial charge >= 0.3 is 0 Å². The van der Waals surface area contributed by atoms with Crippen LogP contribution < -0.4 is 10.5 Å². The normalized spacial score (nSPS) is 26.1. The molecule has 0 bridgehead atoms. The van der Waals surface area contributed by atoms with E-state index in [-0.39, 0.29) is 17.8 Å². The van der Waals surface area contributed by atoms with Gasteiger partial charge in [-0.3, -0.25) is 4.90 Å². The highest BCUT2D eigenvalue weighted by Gasteiger charge is 2.27. The molecule has 1 aromatic carbocycles. The Morgan fingerprint density at radius 1 is 1.47 bits per heavy atom. The molecule has 0 spiro atoms. The van der Waals surface area contributed by atoms with E-state index in [1.54, 1.807) is 13.2 Å². The highest BCUT2D eigenvalue weighted by molar-refractivity contribution is 5.42. The lowest BCUT2D eigenvalue weighted by atomic mass is 9.92. The Morgan fingerprint density at radius 2 is 2.21 bits per heavy atom. The summed E-state index contributed by atoms with van der Waals surface area (Å²) < 4.78 is 5.17. The molecular weight excluding hydrogens is 240 g/mol. The average Bonchev–Trinajstić information content (AvgIpc) is 2.41. The van der Waals surface area contributed by atoms with Gasteiger partial charge in [-0.25, -0.2) is 0 Å². The first-order chi connectivity index (χ1) is 9.02. The van der Waals surface area contributed by atoms with E-state index in [0.29, 0.717) is 11.7 Å². The third-order valence-corrected chi connectivity index (χ3v) is 4.28. The summed E-state index contributed by atoms with van der Waals surface area (Å²) >= 11 is 0. The van der Waals surface area contributed by atoms with Gasteiger partial charge in [0.15, 0.2) is 11.5 Å². The molecule has 4 heteroatoms. The predicted molar refractivity (Wildman–Crippen MR) is 76.4 cm³/mol. The summed E-state index contributed by atoms with van der Waals surface area (Å²) in [4.78, 5) is 2.40. The van der Waals surface area contributed by atoms with Gasteiger partial charge in [-0.15, -0.1) is 0 Å². The molecule has 1 saturated heterocycles. The van der Waals surface area contributed by atoms with Crippen molar-refractivity contribution >= 4 is 0 Å². The van der Waals surface area contributed by atoms with Crippen molar-refractivity contribution in [1.82, 2.24) is 4.90 Å². The Hall–Kier alpha value is -1.26. The van der Waals surface area contributed by atoms with Gasteiger partial charge in [0.05, 0.1) is 7.11 Å². The van der Waals surface area contributed by atoms with E-state index >= 15 is 0 Å². The SMILES string of the molecule is COc1cc(C(C)N2CCC(C)C(N)C2)ccc1O. The van der Waals surface area contributed by atoms with Gasteiger partial charge in [-0.2, -0.15) is 0 Å².